The van der Waals surface area contributed by atoms with Crippen molar-refractivity contribution < 1.29 is 22.7 Å². The second-order valence-electron chi connectivity index (χ2n) is 9.62. The van der Waals surface area contributed by atoms with Gasteiger partial charge in [-0.2, -0.15) is 18.3 Å². The molecule has 0 aliphatic rings. The average molecular weight is 563 g/mol. The maximum atomic E-state index is 13.7. The van der Waals surface area contributed by atoms with Crippen LogP contribution in [0.15, 0.2) is 84.9 Å². The molecule has 0 aliphatic carbocycles. The SMILES string of the molecule is CCC(=C(c1ccc(OCCNCC=CC(=O)N(C)C)cc1)c1ccc2[nH]nc(C(F)(F)F)c2c1)c1ccccc1. The minimum Gasteiger partial charge on any atom is -0.492 e. The third-order valence-electron chi connectivity index (χ3n) is 6.55. The van der Waals surface area contributed by atoms with Gasteiger partial charge in [-0.3, -0.25) is 9.89 Å². The summed E-state index contributed by atoms with van der Waals surface area (Å²) in [6, 6.07) is 22.4. The van der Waals surface area contributed by atoms with Gasteiger partial charge in [0.2, 0.25) is 5.91 Å². The van der Waals surface area contributed by atoms with Crippen molar-refractivity contribution in [3.05, 3.63) is 107 Å². The highest BCUT2D eigenvalue weighted by Gasteiger charge is 2.36. The lowest BCUT2D eigenvalue weighted by atomic mass is 9.87. The van der Waals surface area contributed by atoms with Crippen molar-refractivity contribution in [3.8, 4) is 5.75 Å². The monoisotopic (exact) mass is 562 g/mol. The molecule has 0 saturated heterocycles. The number of H-pyrrole nitrogens is 1. The van der Waals surface area contributed by atoms with Gasteiger partial charge in [0.25, 0.3) is 0 Å². The van der Waals surface area contributed by atoms with E-state index in [1.165, 1.54) is 11.0 Å². The Morgan fingerprint density at radius 2 is 1.71 bits per heavy atom. The van der Waals surface area contributed by atoms with Gasteiger partial charge in [-0.05, 0) is 58.5 Å². The highest BCUT2D eigenvalue weighted by Crippen LogP contribution is 2.38. The van der Waals surface area contributed by atoms with Crippen LogP contribution in [0.5, 0.6) is 5.75 Å². The normalized spacial score (nSPS) is 12.5. The van der Waals surface area contributed by atoms with Crippen LogP contribution in [0.3, 0.4) is 0 Å². The molecule has 0 radical (unpaired) electrons. The molecule has 1 heterocycles. The van der Waals surface area contributed by atoms with Crippen LogP contribution in [0, 0.1) is 0 Å². The first-order chi connectivity index (χ1) is 19.7. The number of aromatic nitrogens is 2. The Kier molecular flexibility index (Phi) is 9.62. The third kappa shape index (κ3) is 7.43. The first kappa shape index (κ1) is 29.6. The van der Waals surface area contributed by atoms with Gasteiger partial charge in [-0.1, -0.05) is 61.5 Å². The van der Waals surface area contributed by atoms with Gasteiger partial charge in [-0.25, -0.2) is 0 Å². The van der Waals surface area contributed by atoms with E-state index in [0.717, 1.165) is 22.3 Å². The summed E-state index contributed by atoms with van der Waals surface area (Å²) in [7, 11) is 3.40. The summed E-state index contributed by atoms with van der Waals surface area (Å²) in [4.78, 5) is 13.1. The van der Waals surface area contributed by atoms with Crippen molar-refractivity contribution in [2.24, 2.45) is 0 Å². The van der Waals surface area contributed by atoms with Crippen LogP contribution in [0.25, 0.3) is 22.0 Å². The number of amides is 1. The minimum atomic E-state index is -4.57. The Morgan fingerprint density at radius 3 is 2.37 bits per heavy atom. The van der Waals surface area contributed by atoms with Crippen molar-refractivity contribution in [2.75, 3.05) is 33.8 Å². The maximum Gasteiger partial charge on any atom is 0.435 e. The van der Waals surface area contributed by atoms with Crippen LogP contribution in [-0.4, -0.2) is 54.8 Å². The zero-order chi connectivity index (χ0) is 29.4. The first-order valence-corrected chi connectivity index (χ1v) is 13.3. The molecule has 0 atom stereocenters. The van der Waals surface area contributed by atoms with Crippen LogP contribution in [0.2, 0.25) is 0 Å². The van der Waals surface area contributed by atoms with E-state index in [2.05, 4.69) is 15.5 Å². The van der Waals surface area contributed by atoms with E-state index in [1.807, 2.05) is 67.6 Å². The molecule has 6 nitrogen and oxygen atoms in total. The van der Waals surface area contributed by atoms with Gasteiger partial charge in [0.15, 0.2) is 5.69 Å². The molecule has 9 heteroatoms. The van der Waals surface area contributed by atoms with Gasteiger partial charge < -0.3 is 15.0 Å². The predicted octanol–water partition coefficient (Wildman–Crippen LogP) is 6.56. The number of hydrogen-bond donors (Lipinski definition) is 2. The Hall–Kier alpha value is -4.37. The zero-order valence-electron chi connectivity index (χ0n) is 23.3. The number of hydrogen-bond acceptors (Lipinski definition) is 4. The summed E-state index contributed by atoms with van der Waals surface area (Å²) in [5, 5.41) is 9.26. The van der Waals surface area contributed by atoms with Gasteiger partial charge in [0, 0.05) is 38.6 Å². The number of ether oxygens (including phenoxy) is 1. The number of benzene rings is 3. The number of aromatic amines is 1. The molecule has 41 heavy (non-hydrogen) atoms. The molecule has 214 valence electrons. The summed E-state index contributed by atoms with van der Waals surface area (Å²) >= 11 is 0. The van der Waals surface area contributed by atoms with Crippen molar-refractivity contribution >= 4 is 28.0 Å². The summed E-state index contributed by atoms with van der Waals surface area (Å²) in [5.41, 5.74) is 3.80. The maximum absolute atomic E-state index is 13.7. The molecular formula is C32H33F3N4O2. The highest BCUT2D eigenvalue weighted by molar-refractivity contribution is 6.00. The summed E-state index contributed by atoms with van der Waals surface area (Å²) in [6.07, 6.45) is -0.609. The molecule has 0 bridgehead atoms. The lowest BCUT2D eigenvalue weighted by Gasteiger charge is -2.17. The van der Waals surface area contributed by atoms with Gasteiger partial charge in [-0.15, -0.1) is 0 Å². The quantitative estimate of drug-likeness (QED) is 0.123. The third-order valence-corrected chi connectivity index (χ3v) is 6.55. The second-order valence-corrected chi connectivity index (χ2v) is 9.62. The molecule has 1 amide bonds. The van der Waals surface area contributed by atoms with Gasteiger partial charge >= 0.3 is 6.18 Å². The van der Waals surface area contributed by atoms with Crippen molar-refractivity contribution in [1.82, 2.24) is 20.4 Å². The van der Waals surface area contributed by atoms with E-state index in [1.54, 1.807) is 32.3 Å². The van der Waals surface area contributed by atoms with Crippen LogP contribution in [0.1, 0.15) is 35.7 Å². The summed E-state index contributed by atoms with van der Waals surface area (Å²) < 4.78 is 46.8. The fraction of sp³-hybridized carbons (Fsp3) is 0.250. The largest absolute Gasteiger partial charge is 0.492 e. The van der Waals surface area contributed by atoms with E-state index in [-0.39, 0.29) is 11.3 Å². The molecule has 1 aromatic heterocycles. The zero-order valence-corrected chi connectivity index (χ0v) is 23.3. The standard InChI is InChI=1S/C32H33F3N4O2/c1-4-26(22-9-6-5-7-10-22)30(24-14-17-28-27(21-24)31(38-37-28)32(33,34)35)23-12-15-25(16-13-23)41-20-19-36-18-8-11-29(40)39(2)3/h5-17,21,36H,4,18-20H2,1-3H3,(H,37,38). The topological polar surface area (TPSA) is 70.2 Å². The minimum absolute atomic E-state index is 0.0318. The van der Waals surface area contributed by atoms with Crippen LogP contribution in [-0.2, 0) is 11.0 Å². The molecule has 2 N–H and O–H groups in total. The van der Waals surface area contributed by atoms with Gasteiger partial charge in [0.05, 0.1) is 5.52 Å². The Bertz CT molecular complexity index is 1520. The molecular weight excluding hydrogens is 529 g/mol. The number of carbonyl (C=O) groups is 1. The number of allylic oxidation sites excluding steroid dienone is 1. The number of fused-ring (bicyclic) bond motifs is 1. The Morgan fingerprint density at radius 1 is 1.00 bits per heavy atom. The second kappa shape index (κ2) is 13.3. The number of carbonyl (C=O) groups excluding carboxylic acids is 1. The van der Waals surface area contributed by atoms with Crippen molar-refractivity contribution in [3.63, 3.8) is 0 Å². The molecule has 0 aliphatic heterocycles. The van der Waals surface area contributed by atoms with Crippen LogP contribution >= 0.6 is 0 Å². The Labute approximate surface area is 237 Å². The van der Waals surface area contributed by atoms with Crippen LogP contribution in [0.4, 0.5) is 13.2 Å². The average Bonchev–Trinajstić information content (AvgIpc) is 3.40. The van der Waals surface area contributed by atoms with E-state index in [4.69, 9.17) is 4.74 Å². The van der Waals surface area contributed by atoms with E-state index in [9.17, 15) is 18.0 Å². The fourth-order valence-corrected chi connectivity index (χ4v) is 4.52. The number of nitrogens with one attached hydrogen (secondary N) is 2. The number of rotatable bonds is 11. The smallest absolute Gasteiger partial charge is 0.435 e. The summed E-state index contributed by atoms with van der Waals surface area (Å²) in [5.74, 6) is 0.608. The van der Waals surface area contributed by atoms with Crippen molar-refractivity contribution in [1.29, 1.82) is 0 Å². The van der Waals surface area contributed by atoms with E-state index >= 15 is 0 Å². The number of halogens is 3. The fourth-order valence-electron chi connectivity index (χ4n) is 4.52. The lowest BCUT2D eigenvalue weighted by Crippen LogP contribution is -2.22. The predicted molar refractivity (Wildman–Crippen MR) is 156 cm³/mol. The molecule has 0 unspecified atom stereocenters. The molecule has 0 fully saturated rings. The van der Waals surface area contributed by atoms with Crippen LogP contribution < -0.4 is 10.1 Å². The van der Waals surface area contributed by atoms with E-state index in [0.29, 0.717) is 42.9 Å². The van der Waals surface area contributed by atoms with Crippen molar-refractivity contribution in [2.45, 2.75) is 19.5 Å². The Balaban J connectivity index is 1.59. The number of likely N-dealkylation sites (N-methyl/N-ethyl adjacent to an activating group) is 1. The van der Waals surface area contributed by atoms with Gasteiger partial charge in [0.1, 0.15) is 12.4 Å². The molecule has 4 rings (SSSR count). The molecule has 0 saturated carbocycles. The highest BCUT2D eigenvalue weighted by atomic mass is 19.4. The molecule has 0 spiro atoms. The summed E-state index contributed by atoms with van der Waals surface area (Å²) in [6.45, 7) is 3.61. The molecule has 4 aromatic rings. The molecule has 3 aromatic carbocycles. The first-order valence-electron chi connectivity index (χ1n) is 13.3. The number of alkyl halides is 3. The number of nitrogens with zero attached hydrogens (tertiary/aromatic N) is 2. The lowest BCUT2D eigenvalue weighted by molar-refractivity contribution is -0.140. The van der Waals surface area contributed by atoms with E-state index < -0.39 is 11.9 Å².